The summed E-state index contributed by atoms with van der Waals surface area (Å²) in [5.74, 6) is 0.629. The number of hydrogen-bond donors (Lipinski definition) is 1. The van der Waals surface area contributed by atoms with Gasteiger partial charge in [-0.25, -0.2) is 0 Å². The van der Waals surface area contributed by atoms with Crippen molar-refractivity contribution in [2.45, 2.75) is 32.6 Å². The van der Waals surface area contributed by atoms with Gasteiger partial charge in [0.1, 0.15) is 0 Å². The van der Waals surface area contributed by atoms with Crippen LogP contribution in [0.4, 0.5) is 0 Å². The minimum absolute atomic E-state index is 0.629. The van der Waals surface area contributed by atoms with Gasteiger partial charge < -0.3 is 4.74 Å². The second-order valence-electron chi connectivity index (χ2n) is 6.97. The molecule has 1 atom stereocenters. The van der Waals surface area contributed by atoms with Crippen LogP contribution < -0.4 is 0 Å². The lowest BCUT2D eigenvalue weighted by atomic mass is 9.96. The van der Waals surface area contributed by atoms with Crippen LogP contribution in [0.1, 0.15) is 30.9 Å². The molecule has 3 heteroatoms. The maximum Gasteiger partial charge on any atom is 0.0999 e. The van der Waals surface area contributed by atoms with Gasteiger partial charge in [0.15, 0.2) is 0 Å². The van der Waals surface area contributed by atoms with Gasteiger partial charge in [0, 0.05) is 24.2 Å². The first-order valence-corrected chi connectivity index (χ1v) is 8.93. The van der Waals surface area contributed by atoms with E-state index >= 15 is 0 Å². The molecule has 0 unspecified atom stereocenters. The molecule has 0 fully saturated rings. The third-order valence-electron chi connectivity index (χ3n) is 4.92. The highest BCUT2D eigenvalue weighted by molar-refractivity contribution is 5.93. The molecule has 4 bridgehead atoms. The maximum atomic E-state index is 5.82. The zero-order valence-corrected chi connectivity index (χ0v) is 14.2. The second-order valence-corrected chi connectivity index (χ2v) is 6.97. The van der Waals surface area contributed by atoms with Crippen molar-refractivity contribution >= 4 is 10.9 Å². The molecule has 2 heterocycles. The summed E-state index contributed by atoms with van der Waals surface area (Å²) >= 11 is 0. The van der Waals surface area contributed by atoms with Crippen LogP contribution in [-0.2, 0) is 17.6 Å². The topological polar surface area (TPSA) is 37.9 Å². The minimum Gasteiger partial charge on any atom is -0.381 e. The number of aromatic amines is 1. The Hall–Kier alpha value is -2.13. The van der Waals surface area contributed by atoms with E-state index in [2.05, 4.69) is 59.6 Å². The summed E-state index contributed by atoms with van der Waals surface area (Å²) in [6.45, 7) is 4.02. The van der Waals surface area contributed by atoms with E-state index in [0.29, 0.717) is 5.92 Å². The molecular weight excluding hydrogens is 296 g/mol. The highest BCUT2D eigenvalue weighted by Gasteiger charge is 2.12. The Morgan fingerprint density at radius 1 is 1.08 bits per heavy atom. The number of hydrogen-bond acceptors (Lipinski definition) is 2. The number of benzene rings is 2. The summed E-state index contributed by atoms with van der Waals surface area (Å²) in [4.78, 5) is 0. The average Bonchev–Trinajstić information content (AvgIpc) is 3.01. The van der Waals surface area contributed by atoms with Gasteiger partial charge in [0.05, 0.1) is 11.2 Å². The van der Waals surface area contributed by atoms with Gasteiger partial charge in [-0.15, -0.1) is 0 Å². The van der Waals surface area contributed by atoms with Crippen molar-refractivity contribution in [1.29, 1.82) is 0 Å². The first kappa shape index (κ1) is 15.4. The molecule has 0 saturated carbocycles. The van der Waals surface area contributed by atoms with Crippen LogP contribution in [0.2, 0.25) is 0 Å². The molecule has 124 valence electrons. The van der Waals surface area contributed by atoms with Gasteiger partial charge in [-0.3, -0.25) is 5.10 Å². The maximum absolute atomic E-state index is 5.82. The molecular formula is C21H24N2O. The number of aromatic nitrogens is 2. The zero-order valence-electron chi connectivity index (χ0n) is 14.2. The fourth-order valence-corrected chi connectivity index (χ4v) is 3.55. The minimum atomic E-state index is 0.629. The lowest BCUT2D eigenvalue weighted by molar-refractivity contribution is 0.120. The Bertz CT molecular complexity index is 837. The van der Waals surface area contributed by atoms with Crippen LogP contribution in [0, 0.1) is 5.92 Å². The van der Waals surface area contributed by atoms with Gasteiger partial charge in [0.2, 0.25) is 0 Å². The van der Waals surface area contributed by atoms with Gasteiger partial charge in [0.25, 0.3) is 0 Å². The van der Waals surface area contributed by atoms with Crippen molar-refractivity contribution in [2.75, 3.05) is 13.2 Å². The predicted molar refractivity (Wildman–Crippen MR) is 98.2 cm³/mol. The summed E-state index contributed by atoms with van der Waals surface area (Å²) in [6.07, 6.45) is 4.33. The van der Waals surface area contributed by atoms with Crippen molar-refractivity contribution in [1.82, 2.24) is 10.2 Å². The largest absolute Gasteiger partial charge is 0.381 e. The SMILES string of the molecule is C[C@H]1CCOCCCc2cccc(c2)-c2n[nH]c3ccc(cc23)C1. The van der Waals surface area contributed by atoms with Crippen molar-refractivity contribution in [3.8, 4) is 11.3 Å². The van der Waals surface area contributed by atoms with Crippen molar-refractivity contribution in [3.63, 3.8) is 0 Å². The van der Waals surface area contributed by atoms with E-state index in [4.69, 9.17) is 4.74 Å². The Balaban J connectivity index is 1.79. The monoisotopic (exact) mass is 320 g/mol. The van der Waals surface area contributed by atoms with Crippen molar-refractivity contribution in [2.24, 2.45) is 5.92 Å². The van der Waals surface area contributed by atoms with E-state index in [0.717, 1.165) is 50.1 Å². The summed E-state index contributed by atoms with van der Waals surface area (Å²) in [5, 5.41) is 9.00. The Labute approximate surface area is 143 Å². The molecule has 1 aliphatic heterocycles. The fourth-order valence-electron chi connectivity index (χ4n) is 3.55. The molecule has 4 rings (SSSR count). The molecule has 3 aromatic rings. The molecule has 1 aromatic heterocycles. The molecule has 0 spiro atoms. The normalized spacial score (nSPS) is 19.1. The third-order valence-corrected chi connectivity index (χ3v) is 4.92. The summed E-state index contributed by atoms with van der Waals surface area (Å²) in [7, 11) is 0. The molecule has 0 amide bonds. The number of fused-ring (bicyclic) bond motifs is 4. The highest BCUT2D eigenvalue weighted by Crippen LogP contribution is 2.29. The molecule has 1 aliphatic rings. The van der Waals surface area contributed by atoms with Gasteiger partial charge in [-0.1, -0.05) is 31.2 Å². The molecule has 1 N–H and O–H groups in total. The van der Waals surface area contributed by atoms with E-state index in [1.54, 1.807) is 0 Å². The van der Waals surface area contributed by atoms with Gasteiger partial charge in [-0.05, 0) is 60.9 Å². The quantitative estimate of drug-likeness (QED) is 0.648. The number of H-pyrrole nitrogens is 1. The van der Waals surface area contributed by atoms with Crippen LogP contribution in [0.25, 0.3) is 22.2 Å². The van der Waals surface area contributed by atoms with Gasteiger partial charge >= 0.3 is 0 Å². The number of aryl methyl sites for hydroxylation is 1. The van der Waals surface area contributed by atoms with Crippen molar-refractivity contribution in [3.05, 3.63) is 53.6 Å². The molecule has 2 aromatic carbocycles. The van der Waals surface area contributed by atoms with E-state index in [1.165, 1.54) is 22.1 Å². The van der Waals surface area contributed by atoms with Crippen LogP contribution in [0.15, 0.2) is 42.5 Å². The standard InChI is InChI=1S/C21H24N2O/c1-15-9-11-24-10-3-5-16-4-2-6-18(13-16)21-19-14-17(12-15)7-8-20(19)22-23-21/h2,4,6-8,13-15H,3,5,9-12H2,1H3,(H,22,23)/t15-/m0/s1. The number of nitrogens with zero attached hydrogens (tertiary/aromatic N) is 1. The first-order valence-electron chi connectivity index (χ1n) is 8.93. The number of nitrogens with one attached hydrogen (secondary N) is 1. The van der Waals surface area contributed by atoms with Crippen LogP contribution in [-0.4, -0.2) is 23.4 Å². The van der Waals surface area contributed by atoms with E-state index < -0.39 is 0 Å². The van der Waals surface area contributed by atoms with E-state index in [-0.39, 0.29) is 0 Å². The summed E-state index contributed by atoms with van der Waals surface area (Å²) in [5.41, 5.74) is 6.10. The predicted octanol–water partition coefficient (Wildman–Crippen LogP) is 4.76. The van der Waals surface area contributed by atoms with E-state index in [9.17, 15) is 0 Å². The third kappa shape index (κ3) is 3.22. The molecule has 3 nitrogen and oxygen atoms in total. The molecule has 0 aliphatic carbocycles. The average molecular weight is 320 g/mol. The number of rotatable bonds is 0. The zero-order chi connectivity index (χ0) is 16.4. The molecule has 0 saturated heterocycles. The molecule has 24 heavy (non-hydrogen) atoms. The van der Waals surface area contributed by atoms with Crippen LogP contribution in [0.3, 0.4) is 0 Å². The fraction of sp³-hybridized carbons (Fsp3) is 0.381. The Morgan fingerprint density at radius 2 is 2.04 bits per heavy atom. The van der Waals surface area contributed by atoms with E-state index in [1.807, 2.05) is 0 Å². The first-order chi connectivity index (χ1) is 11.8. The number of ether oxygens (including phenoxy) is 1. The second kappa shape index (κ2) is 6.78. The van der Waals surface area contributed by atoms with Gasteiger partial charge in [-0.2, -0.15) is 5.10 Å². The summed E-state index contributed by atoms with van der Waals surface area (Å²) < 4.78 is 5.82. The Kier molecular flexibility index (Phi) is 4.35. The smallest absolute Gasteiger partial charge is 0.0999 e. The lowest BCUT2D eigenvalue weighted by Gasteiger charge is -2.12. The van der Waals surface area contributed by atoms with Crippen molar-refractivity contribution < 1.29 is 4.74 Å². The summed E-state index contributed by atoms with van der Waals surface area (Å²) in [6, 6.07) is 15.4. The highest BCUT2D eigenvalue weighted by atomic mass is 16.5. The van der Waals surface area contributed by atoms with Crippen LogP contribution >= 0.6 is 0 Å². The lowest BCUT2D eigenvalue weighted by Crippen LogP contribution is -2.06. The molecule has 0 radical (unpaired) electrons. The van der Waals surface area contributed by atoms with Crippen LogP contribution in [0.5, 0.6) is 0 Å². The Morgan fingerprint density at radius 3 is 3.00 bits per heavy atom.